The molecule has 0 saturated carbocycles. The number of hydrogen-bond donors (Lipinski definition) is 0. The van der Waals surface area contributed by atoms with Crippen LogP contribution in [0.1, 0.15) is 48.8 Å². The van der Waals surface area contributed by atoms with Gasteiger partial charge in [-0.2, -0.15) is 0 Å². The molecule has 0 fully saturated rings. The maximum absolute atomic E-state index is 14.9. The molecule has 5 aromatic carbocycles. The molecule has 0 aliphatic carbocycles. The van der Waals surface area contributed by atoms with E-state index in [4.69, 9.17) is 0 Å². The molecule has 6 heteroatoms. The van der Waals surface area contributed by atoms with Gasteiger partial charge in [-0.1, -0.05) is 73.9 Å². The van der Waals surface area contributed by atoms with Crippen molar-refractivity contribution in [3.63, 3.8) is 0 Å². The quantitative estimate of drug-likeness (QED) is 0.104. The predicted molar refractivity (Wildman–Crippen MR) is 164 cm³/mol. The lowest BCUT2D eigenvalue weighted by atomic mass is 9.96. The van der Waals surface area contributed by atoms with Crippen molar-refractivity contribution in [3.05, 3.63) is 143 Å². The van der Waals surface area contributed by atoms with Crippen LogP contribution in [0, 0.1) is 41.8 Å². The van der Waals surface area contributed by atoms with E-state index < -0.39 is 29.1 Å². The fourth-order valence-electron chi connectivity index (χ4n) is 5.52. The molecule has 5 aromatic rings. The molecule has 0 amide bonds. The molecule has 0 saturated heterocycles. The van der Waals surface area contributed by atoms with Crippen LogP contribution in [0.4, 0.5) is 26.3 Å². The highest BCUT2D eigenvalue weighted by atomic mass is 19.2. The van der Waals surface area contributed by atoms with Crippen molar-refractivity contribution in [1.82, 2.24) is 0 Å². The summed E-state index contributed by atoms with van der Waals surface area (Å²) in [6, 6.07) is 23.1. The Morgan fingerprint density at radius 3 is 1.45 bits per heavy atom. The van der Waals surface area contributed by atoms with Gasteiger partial charge < -0.3 is 0 Å². The molecule has 5 rings (SSSR count). The van der Waals surface area contributed by atoms with Crippen LogP contribution in [0.15, 0.2) is 91.0 Å². The van der Waals surface area contributed by atoms with Gasteiger partial charge in [-0.3, -0.25) is 0 Å². The summed E-state index contributed by atoms with van der Waals surface area (Å²) in [6.07, 6.45) is 6.32. The zero-order valence-corrected chi connectivity index (χ0v) is 24.4. The van der Waals surface area contributed by atoms with Gasteiger partial charge in [0, 0.05) is 11.1 Å². The highest BCUT2D eigenvalue weighted by Gasteiger charge is 2.13. The number of unbranched alkanes of at least 4 members (excludes halogenated alkanes) is 4. The summed E-state index contributed by atoms with van der Waals surface area (Å²) < 4.78 is 83.6. The molecule has 0 bridgehead atoms. The van der Waals surface area contributed by atoms with Crippen molar-refractivity contribution < 1.29 is 26.3 Å². The Balaban J connectivity index is 1.06. The molecule has 0 spiro atoms. The summed E-state index contributed by atoms with van der Waals surface area (Å²) in [5.74, 6) is -4.51. The first-order valence-corrected chi connectivity index (χ1v) is 14.8. The van der Waals surface area contributed by atoms with E-state index in [2.05, 4.69) is 0 Å². The van der Waals surface area contributed by atoms with Crippen LogP contribution < -0.4 is 0 Å². The first-order valence-electron chi connectivity index (χ1n) is 14.8. The third-order valence-electron chi connectivity index (χ3n) is 8.00. The number of rotatable bonds is 11. The number of aryl methyl sites for hydroxylation is 3. The molecule has 0 atom stereocenters. The van der Waals surface area contributed by atoms with Crippen LogP contribution in [-0.2, 0) is 12.8 Å². The average molecular weight is 603 g/mol. The van der Waals surface area contributed by atoms with Crippen LogP contribution in [0.25, 0.3) is 33.4 Å². The molecule has 0 radical (unpaired) electrons. The van der Waals surface area contributed by atoms with Gasteiger partial charge in [0.25, 0.3) is 0 Å². The molecule has 0 N–H and O–H groups in total. The Kier molecular flexibility index (Phi) is 9.89. The normalized spacial score (nSPS) is 11.2. The minimum atomic E-state index is -0.997. The Labute approximate surface area is 254 Å². The highest BCUT2D eigenvalue weighted by molar-refractivity contribution is 5.71. The molecule has 44 heavy (non-hydrogen) atoms. The highest BCUT2D eigenvalue weighted by Crippen LogP contribution is 2.30. The van der Waals surface area contributed by atoms with Crippen molar-refractivity contribution >= 4 is 0 Å². The van der Waals surface area contributed by atoms with E-state index in [1.807, 2.05) is 12.1 Å². The van der Waals surface area contributed by atoms with E-state index in [1.54, 1.807) is 49.4 Å². The van der Waals surface area contributed by atoms with Gasteiger partial charge in [0.05, 0.1) is 0 Å². The van der Waals surface area contributed by atoms with Crippen LogP contribution in [0.3, 0.4) is 0 Å². The SMILES string of the molecule is Cc1cc(F)c(F)cc1-c1ccc(CCCCCCCc2ccc(-c3ccc(-c4ccc(F)c(F)c4)cc3)c(F)c2)cc1F. The minimum Gasteiger partial charge on any atom is -0.206 e. The number of hydrogen-bond acceptors (Lipinski definition) is 0. The first-order chi connectivity index (χ1) is 21.2. The molecular formula is C38H32F6. The second-order valence-corrected chi connectivity index (χ2v) is 11.2. The van der Waals surface area contributed by atoms with Gasteiger partial charge in [-0.25, -0.2) is 26.3 Å². The van der Waals surface area contributed by atoms with Crippen molar-refractivity contribution in [3.8, 4) is 33.4 Å². The van der Waals surface area contributed by atoms with E-state index in [1.165, 1.54) is 12.1 Å². The Hall–Kier alpha value is -4.32. The summed E-state index contributed by atoms with van der Waals surface area (Å²) in [4.78, 5) is 0. The Morgan fingerprint density at radius 2 is 0.864 bits per heavy atom. The Bertz CT molecular complexity index is 1760. The largest absolute Gasteiger partial charge is 0.206 e. The summed E-state index contributed by atoms with van der Waals surface area (Å²) in [5, 5.41) is 0. The molecule has 0 heterocycles. The maximum Gasteiger partial charge on any atom is 0.159 e. The predicted octanol–water partition coefficient (Wildman–Crippen LogP) is 11.6. The monoisotopic (exact) mass is 602 g/mol. The molecule has 0 aliphatic rings. The van der Waals surface area contributed by atoms with Crippen LogP contribution in [-0.4, -0.2) is 0 Å². The lowest BCUT2D eigenvalue weighted by Gasteiger charge is -2.10. The maximum atomic E-state index is 14.9. The van der Waals surface area contributed by atoms with E-state index in [0.717, 1.165) is 80.3 Å². The lowest BCUT2D eigenvalue weighted by molar-refractivity contribution is 0.508. The summed E-state index contributed by atoms with van der Waals surface area (Å²) in [7, 11) is 0. The van der Waals surface area contributed by atoms with Crippen LogP contribution in [0.2, 0.25) is 0 Å². The van der Waals surface area contributed by atoms with E-state index in [0.29, 0.717) is 33.4 Å². The molecular weight excluding hydrogens is 570 g/mol. The minimum absolute atomic E-state index is 0.257. The van der Waals surface area contributed by atoms with Gasteiger partial charge in [-0.15, -0.1) is 0 Å². The van der Waals surface area contributed by atoms with Gasteiger partial charge in [-0.05, 0) is 108 Å². The van der Waals surface area contributed by atoms with Gasteiger partial charge in [0.1, 0.15) is 11.6 Å². The van der Waals surface area contributed by atoms with Crippen molar-refractivity contribution in [2.75, 3.05) is 0 Å². The fourth-order valence-corrected chi connectivity index (χ4v) is 5.52. The van der Waals surface area contributed by atoms with Gasteiger partial charge in [0.2, 0.25) is 0 Å². The molecule has 226 valence electrons. The van der Waals surface area contributed by atoms with Crippen LogP contribution in [0.5, 0.6) is 0 Å². The summed E-state index contributed by atoms with van der Waals surface area (Å²) >= 11 is 0. The average Bonchev–Trinajstić information content (AvgIpc) is 3.00. The zero-order chi connectivity index (χ0) is 31.2. The smallest absolute Gasteiger partial charge is 0.159 e. The first kappa shape index (κ1) is 31.1. The third-order valence-corrected chi connectivity index (χ3v) is 8.00. The standard InChI is InChI=1S/C38H32F6/c1-24-19-36(42)38(44)23-32(24)31-17-10-26(21-35(31)41)8-6-4-2-3-5-7-25-9-16-30(34(40)20-25)28-13-11-27(12-14-28)29-15-18-33(39)37(43)22-29/h9-23H,2-8H2,1H3. The number of halogens is 6. The van der Waals surface area contributed by atoms with Gasteiger partial charge in [0.15, 0.2) is 23.3 Å². The zero-order valence-electron chi connectivity index (χ0n) is 24.4. The number of benzene rings is 5. The lowest BCUT2D eigenvalue weighted by Crippen LogP contribution is -1.95. The summed E-state index contributed by atoms with van der Waals surface area (Å²) in [5.41, 5.74) is 5.31. The van der Waals surface area contributed by atoms with Crippen LogP contribution >= 0.6 is 0 Å². The van der Waals surface area contributed by atoms with Crippen molar-refractivity contribution in [2.24, 2.45) is 0 Å². The Morgan fingerprint density at radius 1 is 0.364 bits per heavy atom. The second-order valence-electron chi connectivity index (χ2n) is 11.2. The summed E-state index contributed by atoms with van der Waals surface area (Å²) in [6.45, 7) is 1.63. The van der Waals surface area contributed by atoms with E-state index in [9.17, 15) is 26.3 Å². The third kappa shape index (κ3) is 7.42. The van der Waals surface area contributed by atoms with Gasteiger partial charge >= 0.3 is 0 Å². The fraction of sp³-hybridized carbons (Fsp3) is 0.211. The van der Waals surface area contributed by atoms with Crippen molar-refractivity contribution in [1.29, 1.82) is 0 Å². The topological polar surface area (TPSA) is 0 Å². The van der Waals surface area contributed by atoms with Crippen molar-refractivity contribution in [2.45, 2.75) is 51.9 Å². The molecule has 0 aromatic heterocycles. The van der Waals surface area contributed by atoms with E-state index in [-0.39, 0.29) is 11.4 Å². The molecule has 0 unspecified atom stereocenters. The second kappa shape index (κ2) is 14.0. The molecule has 0 aliphatic heterocycles. The van der Waals surface area contributed by atoms with E-state index >= 15 is 0 Å². The molecule has 0 nitrogen and oxygen atoms in total.